The standard InChI is InChI=1S/C9H6F2O3/c1-4(12)8-6(10)2-5(9(13)14)3-7(8)11/h2-3H,1H3,(H,13,14). The summed E-state index contributed by atoms with van der Waals surface area (Å²) in [4.78, 5) is 21.1. The molecule has 3 nitrogen and oxygen atoms in total. The van der Waals surface area contributed by atoms with Gasteiger partial charge in [-0.2, -0.15) is 0 Å². The monoisotopic (exact) mass is 200 g/mol. The summed E-state index contributed by atoms with van der Waals surface area (Å²) in [5, 5.41) is 8.44. The minimum absolute atomic E-state index is 0.523. The van der Waals surface area contributed by atoms with Crippen molar-refractivity contribution in [2.24, 2.45) is 0 Å². The van der Waals surface area contributed by atoms with Crippen LogP contribution >= 0.6 is 0 Å². The fraction of sp³-hybridized carbons (Fsp3) is 0.111. The van der Waals surface area contributed by atoms with Crippen molar-refractivity contribution in [3.63, 3.8) is 0 Å². The molecule has 1 rings (SSSR count). The summed E-state index contributed by atoms with van der Waals surface area (Å²) >= 11 is 0. The van der Waals surface area contributed by atoms with Crippen molar-refractivity contribution in [2.75, 3.05) is 0 Å². The van der Waals surface area contributed by atoms with Crippen molar-refractivity contribution in [3.05, 3.63) is 34.9 Å². The lowest BCUT2D eigenvalue weighted by Gasteiger charge is -2.02. The highest BCUT2D eigenvalue weighted by molar-refractivity contribution is 5.96. The van der Waals surface area contributed by atoms with Gasteiger partial charge >= 0.3 is 5.97 Å². The van der Waals surface area contributed by atoms with E-state index in [1.807, 2.05) is 0 Å². The Morgan fingerprint density at radius 1 is 1.21 bits per heavy atom. The topological polar surface area (TPSA) is 54.4 Å². The molecular formula is C9H6F2O3. The first kappa shape index (κ1) is 10.3. The summed E-state index contributed by atoms with van der Waals surface area (Å²) in [6.45, 7) is 1.00. The van der Waals surface area contributed by atoms with E-state index in [0.717, 1.165) is 6.92 Å². The van der Waals surface area contributed by atoms with Crippen LogP contribution in [0.5, 0.6) is 0 Å². The number of rotatable bonds is 2. The number of carboxylic acids is 1. The van der Waals surface area contributed by atoms with Crippen molar-refractivity contribution in [2.45, 2.75) is 6.92 Å². The number of benzene rings is 1. The maximum absolute atomic E-state index is 13.0. The molecule has 0 bridgehead atoms. The van der Waals surface area contributed by atoms with Crippen LogP contribution in [0.25, 0.3) is 0 Å². The molecule has 5 heteroatoms. The number of halogens is 2. The van der Waals surface area contributed by atoms with Crippen LogP contribution in [-0.4, -0.2) is 16.9 Å². The summed E-state index contributed by atoms with van der Waals surface area (Å²) in [6, 6.07) is 1.23. The van der Waals surface area contributed by atoms with Gasteiger partial charge in [-0.3, -0.25) is 4.79 Å². The van der Waals surface area contributed by atoms with Gasteiger partial charge < -0.3 is 5.11 Å². The first-order chi connectivity index (χ1) is 6.43. The first-order valence-electron chi connectivity index (χ1n) is 3.66. The molecule has 0 radical (unpaired) electrons. The van der Waals surface area contributed by atoms with Gasteiger partial charge in [-0.1, -0.05) is 0 Å². The molecule has 0 aromatic heterocycles. The van der Waals surface area contributed by atoms with Crippen LogP contribution in [-0.2, 0) is 0 Å². The summed E-state index contributed by atoms with van der Waals surface area (Å²) < 4.78 is 26.0. The lowest BCUT2D eigenvalue weighted by atomic mass is 10.1. The van der Waals surface area contributed by atoms with E-state index >= 15 is 0 Å². The van der Waals surface area contributed by atoms with Crippen molar-refractivity contribution >= 4 is 11.8 Å². The Morgan fingerprint density at radius 3 is 1.93 bits per heavy atom. The molecule has 0 saturated heterocycles. The van der Waals surface area contributed by atoms with Crippen LogP contribution < -0.4 is 0 Å². The smallest absolute Gasteiger partial charge is 0.335 e. The molecule has 14 heavy (non-hydrogen) atoms. The Morgan fingerprint density at radius 2 is 1.64 bits per heavy atom. The maximum Gasteiger partial charge on any atom is 0.335 e. The fourth-order valence-corrected chi connectivity index (χ4v) is 1.03. The third kappa shape index (κ3) is 1.76. The number of aromatic carboxylic acids is 1. The van der Waals surface area contributed by atoms with Crippen LogP contribution in [0.4, 0.5) is 8.78 Å². The zero-order chi connectivity index (χ0) is 10.9. The number of carboxylic acid groups (broad SMARTS) is 1. The van der Waals surface area contributed by atoms with E-state index < -0.39 is 34.5 Å². The summed E-state index contributed by atoms with van der Waals surface area (Å²) in [7, 11) is 0. The molecule has 0 aliphatic heterocycles. The third-order valence-corrected chi connectivity index (χ3v) is 1.64. The number of carbonyl (C=O) groups excluding carboxylic acids is 1. The highest BCUT2D eigenvalue weighted by atomic mass is 19.1. The van der Waals surface area contributed by atoms with Crippen molar-refractivity contribution in [3.8, 4) is 0 Å². The minimum atomic E-state index is -1.45. The fourth-order valence-electron chi connectivity index (χ4n) is 1.03. The SMILES string of the molecule is CC(=O)c1c(F)cc(C(=O)O)cc1F. The van der Waals surface area contributed by atoms with Gasteiger partial charge in [-0.25, -0.2) is 13.6 Å². The maximum atomic E-state index is 13.0. The Bertz CT molecular complexity index is 390. The Balaban J connectivity index is 3.39. The molecule has 74 valence electrons. The molecule has 1 aromatic carbocycles. The van der Waals surface area contributed by atoms with Gasteiger partial charge in [-0.05, 0) is 19.1 Å². The Kier molecular flexibility index (Phi) is 2.60. The van der Waals surface area contributed by atoms with Crippen molar-refractivity contribution in [1.29, 1.82) is 0 Å². The molecule has 0 aliphatic carbocycles. The van der Waals surface area contributed by atoms with Gasteiger partial charge in [0.15, 0.2) is 5.78 Å². The molecule has 0 heterocycles. The molecular weight excluding hydrogens is 194 g/mol. The van der Waals surface area contributed by atoms with Gasteiger partial charge in [0, 0.05) is 0 Å². The van der Waals surface area contributed by atoms with Crippen LogP contribution in [0.3, 0.4) is 0 Å². The van der Waals surface area contributed by atoms with Crippen LogP contribution in [0, 0.1) is 11.6 Å². The minimum Gasteiger partial charge on any atom is -0.478 e. The third-order valence-electron chi connectivity index (χ3n) is 1.64. The Labute approximate surface area is 78.0 Å². The van der Waals surface area contributed by atoms with Crippen molar-refractivity contribution < 1.29 is 23.5 Å². The van der Waals surface area contributed by atoms with Gasteiger partial charge in [0.05, 0.1) is 11.1 Å². The van der Waals surface area contributed by atoms with Crippen LogP contribution in [0.15, 0.2) is 12.1 Å². The van der Waals surface area contributed by atoms with Gasteiger partial charge in [-0.15, -0.1) is 0 Å². The van der Waals surface area contributed by atoms with Crippen LogP contribution in [0.2, 0.25) is 0 Å². The molecule has 0 atom stereocenters. The van der Waals surface area contributed by atoms with Crippen LogP contribution in [0.1, 0.15) is 27.6 Å². The summed E-state index contributed by atoms with van der Waals surface area (Å²) in [6.07, 6.45) is 0. The van der Waals surface area contributed by atoms with E-state index in [2.05, 4.69) is 0 Å². The molecule has 0 aliphatic rings. The van der Waals surface area contributed by atoms with E-state index in [0.29, 0.717) is 12.1 Å². The van der Waals surface area contributed by atoms with E-state index in [9.17, 15) is 18.4 Å². The molecule has 0 amide bonds. The molecule has 1 aromatic rings. The summed E-state index contributed by atoms with van der Waals surface area (Å²) in [5.41, 5.74) is -1.24. The summed E-state index contributed by atoms with van der Waals surface area (Å²) in [5.74, 6) is -4.54. The van der Waals surface area contributed by atoms with Gasteiger partial charge in [0.1, 0.15) is 11.6 Å². The van der Waals surface area contributed by atoms with E-state index in [1.165, 1.54) is 0 Å². The number of ketones is 1. The second kappa shape index (κ2) is 3.53. The predicted octanol–water partition coefficient (Wildman–Crippen LogP) is 1.87. The lowest BCUT2D eigenvalue weighted by Crippen LogP contribution is -2.06. The number of hydrogen-bond acceptors (Lipinski definition) is 2. The van der Waals surface area contributed by atoms with E-state index in [-0.39, 0.29) is 0 Å². The zero-order valence-electron chi connectivity index (χ0n) is 7.17. The average Bonchev–Trinajstić information content (AvgIpc) is 2.01. The average molecular weight is 200 g/mol. The number of Topliss-reactive ketones (excluding diaryl/α,β-unsaturated/α-hetero) is 1. The lowest BCUT2D eigenvalue weighted by molar-refractivity contribution is 0.0695. The van der Waals surface area contributed by atoms with Gasteiger partial charge in [0.2, 0.25) is 0 Å². The van der Waals surface area contributed by atoms with E-state index in [1.54, 1.807) is 0 Å². The molecule has 0 spiro atoms. The molecule has 0 unspecified atom stereocenters. The Hall–Kier alpha value is -1.78. The molecule has 0 fully saturated rings. The highest BCUT2D eigenvalue weighted by Gasteiger charge is 2.17. The quantitative estimate of drug-likeness (QED) is 0.741. The number of carbonyl (C=O) groups is 2. The van der Waals surface area contributed by atoms with E-state index in [4.69, 9.17) is 5.11 Å². The normalized spacial score (nSPS) is 9.93. The highest BCUT2D eigenvalue weighted by Crippen LogP contribution is 2.15. The zero-order valence-corrected chi connectivity index (χ0v) is 7.17. The second-order valence-corrected chi connectivity index (χ2v) is 2.68. The first-order valence-corrected chi connectivity index (χ1v) is 3.66. The number of hydrogen-bond donors (Lipinski definition) is 1. The molecule has 0 saturated carbocycles. The largest absolute Gasteiger partial charge is 0.478 e. The predicted molar refractivity (Wildman–Crippen MR) is 43.3 cm³/mol. The molecule has 1 N–H and O–H groups in total. The van der Waals surface area contributed by atoms with Gasteiger partial charge in [0.25, 0.3) is 0 Å². The van der Waals surface area contributed by atoms with Crippen molar-refractivity contribution in [1.82, 2.24) is 0 Å². The second-order valence-electron chi connectivity index (χ2n) is 2.68.